The maximum atomic E-state index is 13.3. The van der Waals surface area contributed by atoms with Crippen LogP contribution in [0.5, 0.6) is 5.75 Å². The van der Waals surface area contributed by atoms with Crippen LogP contribution in [0.3, 0.4) is 0 Å². The number of amides is 1. The smallest absolute Gasteiger partial charge is 0.250 e. The van der Waals surface area contributed by atoms with Gasteiger partial charge in [0.05, 0.1) is 12.0 Å². The largest absolute Gasteiger partial charge is 0.508 e. The first-order valence-electron chi connectivity index (χ1n) is 9.63. The maximum Gasteiger partial charge on any atom is 0.250 e. The lowest BCUT2D eigenvalue weighted by Gasteiger charge is -2.37. The first-order chi connectivity index (χ1) is 12.7. The van der Waals surface area contributed by atoms with Crippen LogP contribution in [0, 0.1) is 0 Å². The van der Waals surface area contributed by atoms with E-state index in [1.165, 1.54) is 0 Å². The lowest BCUT2D eigenvalue weighted by molar-refractivity contribution is -0.130. The second-order valence-corrected chi connectivity index (χ2v) is 7.94. The molecule has 2 N–H and O–H groups in total. The number of rotatable bonds is 4. The molecule has 2 saturated heterocycles. The van der Waals surface area contributed by atoms with Gasteiger partial charge in [-0.15, -0.1) is 0 Å². The number of hydrogen-bond acceptors (Lipinski definition) is 4. The molecule has 3 rings (SSSR count). The molecule has 2 aliphatic heterocycles. The summed E-state index contributed by atoms with van der Waals surface area (Å²) in [5.41, 5.74) is -0.180. The van der Waals surface area contributed by atoms with Crippen molar-refractivity contribution in [2.75, 3.05) is 32.7 Å². The van der Waals surface area contributed by atoms with Gasteiger partial charge in [0.1, 0.15) is 5.75 Å². The number of aliphatic hydroxyl groups is 1. The zero-order chi connectivity index (χ0) is 19.5. The topological polar surface area (TPSA) is 64.0 Å². The molecule has 1 atom stereocenters. The summed E-state index contributed by atoms with van der Waals surface area (Å²) in [6.07, 6.45) is 1.61. The Bertz CT molecular complexity index is 660. The third kappa shape index (κ3) is 5.62. The van der Waals surface area contributed by atoms with Crippen LogP contribution in [0.2, 0.25) is 0 Å². The second-order valence-electron chi connectivity index (χ2n) is 7.94. The van der Waals surface area contributed by atoms with E-state index in [1.54, 1.807) is 29.2 Å². The lowest BCUT2D eigenvalue weighted by Crippen LogP contribution is -2.48. The first-order valence-corrected chi connectivity index (χ1v) is 9.63. The van der Waals surface area contributed by atoms with Crippen LogP contribution >= 0.6 is 0 Å². The van der Waals surface area contributed by atoms with Crippen LogP contribution in [-0.2, 0) is 11.2 Å². The third-order valence-electron chi connectivity index (χ3n) is 5.64. The number of halogens is 2. The van der Waals surface area contributed by atoms with Gasteiger partial charge in [0.2, 0.25) is 5.91 Å². The highest BCUT2D eigenvalue weighted by molar-refractivity contribution is 5.78. The van der Waals surface area contributed by atoms with Crippen molar-refractivity contribution in [3.05, 3.63) is 29.8 Å². The molecule has 1 aromatic carbocycles. The van der Waals surface area contributed by atoms with Crippen LogP contribution in [0.25, 0.3) is 0 Å². The second kappa shape index (κ2) is 8.10. The summed E-state index contributed by atoms with van der Waals surface area (Å²) in [7, 11) is 0. The Balaban J connectivity index is 1.52. The van der Waals surface area contributed by atoms with Gasteiger partial charge in [-0.3, -0.25) is 4.79 Å². The Morgan fingerprint density at radius 2 is 1.81 bits per heavy atom. The molecule has 27 heavy (non-hydrogen) atoms. The van der Waals surface area contributed by atoms with E-state index in [0.29, 0.717) is 52.0 Å². The van der Waals surface area contributed by atoms with Gasteiger partial charge in [-0.1, -0.05) is 12.1 Å². The number of alkyl halides is 2. The molecular weight excluding hydrogens is 354 g/mol. The van der Waals surface area contributed by atoms with Crippen LogP contribution in [-0.4, -0.2) is 70.2 Å². The minimum Gasteiger partial charge on any atom is -0.508 e. The number of benzene rings is 1. The first kappa shape index (κ1) is 20.0. The molecule has 0 bridgehead atoms. The molecule has 0 radical (unpaired) electrons. The Kier molecular flexibility index (Phi) is 6.01. The van der Waals surface area contributed by atoms with Crippen molar-refractivity contribution in [1.29, 1.82) is 0 Å². The number of likely N-dealkylation sites (tertiary alicyclic amines) is 2. The Morgan fingerprint density at radius 1 is 1.07 bits per heavy atom. The number of β-amino-alcohol motifs (C(OH)–C–C–N with tert-alkyl or cyclic N) is 1. The van der Waals surface area contributed by atoms with E-state index in [-0.39, 0.29) is 30.9 Å². The molecule has 0 saturated carbocycles. The summed E-state index contributed by atoms with van der Waals surface area (Å²) in [5, 5.41) is 20.5. The average Bonchev–Trinajstić information content (AvgIpc) is 2.79. The Morgan fingerprint density at radius 3 is 2.52 bits per heavy atom. The monoisotopic (exact) mass is 382 g/mol. The highest BCUT2D eigenvalue weighted by atomic mass is 19.3. The van der Waals surface area contributed by atoms with E-state index in [4.69, 9.17) is 0 Å². The zero-order valence-corrected chi connectivity index (χ0v) is 15.5. The number of phenolic OH excluding ortho intramolecular Hbond substituents is 1. The quantitative estimate of drug-likeness (QED) is 0.840. The van der Waals surface area contributed by atoms with Gasteiger partial charge in [-0.05, 0) is 37.0 Å². The van der Waals surface area contributed by atoms with E-state index in [2.05, 4.69) is 0 Å². The van der Waals surface area contributed by atoms with Crippen molar-refractivity contribution in [1.82, 2.24) is 9.80 Å². The van der Waals surface area contributed by atoms with Crippen LogP contribution in [0.4, 0.5) is 8.78 Å². The van der Waals surface area contributed by atoms with E-state index < -0.39 is 11.5 Å². The molecule has 2 fully saturated rings. The highest BCUT2D eigenvalue weighted by Gasteiger charge is 2.38. The van der Waals surface area contributed by atoms with E-state index in [0.717, 1.165) is 5.56 Å². The van der Waals surface area contributed by atoms with Gasteiger partial charge in [0.15, 0.2) is 0 Å². The molecule has 0 unspecified atom stereocenters. The standard InChI is InChI=1S/C20H28F2N2O3/c21-20(22)7-10-23(11-8-20)15-19(27)5-2-9-24(12-6-19)18(26)14-16-3-1-4-17(25)13-16/h1,3-4,13,25,27H,2,5-12,14-15H2/t19-/m1/s1. The van der Waals surface area contributed by atoms with E-state index in [9.17, 15) is 23.8 Å². The number of carbonyl (C=O) groups excluding carboxylic acids is 1. The molecule has 2 heterocycles. The minimum atomic E-state index is -2.59. The molecule has 1 aromatic rings. The summed E-state index contributed by atoms with van der Waals surface area (Å²) in [6, 6.07) is 6.66. The molecule has 1 amide bonds. The summed E-state index contributed by atoms with van der Waals surface area (Å²) in [4.78, 5) is 16.2. The normalized spacial score (nSPS) is 26.6. The SMILES string of the molecule is O=C(Cc1cccc(O)c1)N1CCC[C@](O)(CN2CCC(F)(F)CC2)CC1. The van der Waals surface area contributed by atoms with Crippen LogP contribution in [0.15, 0.2) is 24.3 Å². The molecule has 5 nitrogen and oxygen atoms in total. The Hall–Kier alpha value is -1.73. The average molecular weight is 382 g/mol. The van der Waals surface area contributed by atoms with Crippen LogP contribution in [0.1, 0.15) is 37.7 Å². The summed E-state index contributed by atoms with van der Waals surface area (Å²) in [6.45, 7) is 2.03. The molecule has 0 aliphatic carbocycles. The van der Waals surface area contributed by atoms with Crippen molar-refractivity contribution in [3.8, 4) is 5.75 Å². The van der Waals surface area contributed by atoms with E-state index in [1.807, 2.05) is 4.90 Å². The van der Waals surface area contributed by atoms with Crippen molar-refractivity contribution in [3.63, 3.8) is 0 Å². The third-order valence-corrected chi connectivity index (χ3v) is 5.64. The molecule has 150 valence electrons. The minimum absolute atomic E-state index is 0.0255. The summed E-state index contributed by atoms with van der Waals surface area (Å²) >= 11 is 0. The molecule has 2 aliphatic rings. The fourth-order valence-electron chi connectivity index (χ4n) is 3.99. The van der Waals surface area contributed by atoms with Crippen molar-refractivity contribution in [2.24, 2.45) is 0 Å². The summed E-state index contributed by atoms with van der Waals surface area (Å²) < 4.78 is 26.6. The molecule has 0 aromatic heterocycles. The van der Waals surface area contributed by atoms with Gasteiger partial charge in [-0.25, -0.2) is 8.78 Å². The summed E-state index contributed by atoms with van der Waals surface area (Å²) in [5.74, 6) is -2.47. The predicted molar refractivity (Wildman–Crippen MR) is 97.8 cm³/mol. The number of piperidine rings is 1. The number of hydrogen-bond donors (Lipinski definition) is 2. The van der Waals surface area contributed by atoms with E-state index >= 15 is 0 Å². The molecular formula is C20H28F2N2O3. The van der Waals surface area contributed by atoms with Gasteiger partial charge in [-0.2, -0.15) is 0 Å². The van der Waals surface area contributed by atoms with Gasteiger partial charge < -0.3 is 20.0 Å². The number of carbonyl (C=O) groups is 1. The molecule has 0 spiro atoms. The van der Waals surface area contributed by atoms with Crippen molar-refractivity contribution in [2.45, 2.75) is 50.0 Å². The highest BCUT2D eigenvalue weighted by Crippen LogP contribution is 2.30. The zero-order valence-electron chi connectivity index (χ0n) is 15.5. The number of aromatic hydroxyl groups is 1. The maximum absolute atomic E-state index is 13.3. The Labute approximate surface area is 158 Å². The van der Waals surface area contributed by atoms with Gasteiger partial charge in [0, 0.05) is 45.6 Å². The number of phenols is 1. The fraction of sp³-hybridized carbons (Fsp3) is 0.650. The number of nitrogens with zero attached hydrogens (tertiary/aromatic N) is 2. The fourth-order valence-corrected chi connectivity index (χ4v) is 3.99. The lowest BCUT2D eigenvalue weighted by atomic mass is 9.93. The van der Waals surface area contributed by atoms with Gasteiger partial charge in [0.25, 0.3) is 5.92 Å². The van der Waals surface area contributed by atoms with Crippen molar-refractivity contribution >= 4 is 5.91 Å². The van der Waals surface area contributed by atoms with Crippen LogP contribution < -0.4 is 0 Å². The van der Waals surface area contributed by atoms with Gasteiger partial charge >= 0.3 is 0 Å². The van der Waals surface area contributed by atoms with Crippen molar-refractivity contribution < 1.29 is 23.8 Å². The predicted octanol–water partition coefficient (Wildman–Crippen LogP) is 2.41. The molecule has 7 heteroatoms.